The molecular weight excluding hydrogens is 356 g/mol. The van der Waals surface area contributed by atoms with Crippen LogP contribution in [-0.4, -0.2) is 27.3 Å². The second-order valence-electron chi connectivity index (χ2n) is 6.55. The van der Waals surface area contributed by atoms with Gasteiger partial charge in [0.15, 0.2) is 19.7 Å². The largest absolute Gasteiger partial charge is 0.228 e. The quantitative estimate of drug-likeness (QED) is 0.738. The summed E-state index contributed by atoms with van der Waals surface area (Å²) >= 11 is 0. The third-order valence-electron chi connectivity index (χ3n) is 4.20. The van der Waals surface area contributed by atoms with Crippen LogP contribution < -0.4 is 0 Å². The zero-order valence-corrected chi connectivity index (χ0v) is 16.3. The molecular formula is C19H24O4S2. The molecule has 0 spiro atoms. The SMILES string of the molecule is CC(C)S(=O)(=O)Cc1cccc(CC(C)S(=O)(=O)c2ccccc2)c1. The van der Waals surface area contributed by atoms with Crippen LogP contribution in [-0.2, 0) is 31.8 Å². The van der Waals surface area contributed by atoms with Gasteiger partial charge in [-0.05, 0) is 50.5 Å². The Morgan fingerprint density at radius 1 is 0.800 bits per heavy atom. The van der Waals surface area contributed by atoms with E-state index in [1.807, 2.05) is 6.07 Å². The van der Waals surface area contributed by atoms with Gasteiger partial charge in [0.1, 0.15) is 0 Å². The summed E-state index contributed by atoms with van der Waals surface area (Å²) in [5.74, 6) is -0.0294. The van der Waals surface area contributed by atoms with Crippen molar-refractivity contribution in [3.05, 3.63) is 65.7 Å². The van der Waals surface area contributed by atoms with Crippen molar-refractivity contribution in [3.8, 4) is 0 Å². The van der Waals surface area contributed by atoms with E-state index in [4.69, 9.17) is 0 Å². The summed E-state index contributed by atoms with van der Waals surface area (Å²) in [5.41, 5.74) is 1.51. The van der Waals surface area contributed by atoms with Crippen molar-refractivity contribution in [1.82, 2.24) is 0 Å². The molecule has 0 aliphatic rings. The summed E-state index contributed by atoms with van der Waals surface area (Å²) in [4.78, 5) is 0.307. The number of hydrogen-bond donors (Lipinski definition) is 0. The molecule has 0 radical (unpaired) electrons. The van der Waals surface area contributed by atoms with Crippen molar-refractivity contribution in [2.45, 2.75) is 48.3 Å². The standard InChI is InChI=1S/C19H24O4S2/c1-15(2)24(20,21)14-18-9-7-8-17(13-18)12-16(3)25(22,23)19-10-5-4-6-11-19/h4-11,13,15-16H,12,14H2,1-3H3. The third-order valence-corrected chi connectivity index (χ3v) is 8.53. The highest BCUT2D eigenvalue weighted by Crippen LogP contribution is 2.20. The molecule has 0 aromatic heterocycles. The molecule has 0 heterocycles. The van der Waals surface area contributed by atoms with E-state index in [0.717, 1.165) is 5.56 Å². The Kier molecular flexibility index (Phi) is 6.06. The van der Waals surface area contributed by atoms with E-state index in [1.165, 1.54) is 0 Å². The number of sulfone groups is 2. The van der Waals surface area contributed by atoms with Crippen LogP contribution in [0.4, 0.5) is 0 Å². The first kappa shape index (κ1) is 19.7. The fraction of sp³-hybridized carbons (Fsp3) is 0.368. The van der Waals surface area contributed by atoms with Crippen LogP contribution in [0.15, 0.2) is 59.5 Å². The van der Waals surface area contributed by atoms with Crippen LogP contribution in [0, 0.1) is 0 Å². The van der Waals surface area contributed by atoms with E-state index < -0.39 is 30.2 Å². The van der Waals surface area contributed by atoms with Crippen molar-refractivity contribution in [1.29, 1.82) is 0 Å². The first-order valence-corrected chi connectivity index (χ1v) is 11.5. The van der Waals surface area contributed by atoms with Gasteiger partial charge < -0.3 is 0 Å². The molecule has 0 N–H and O–H groups in total. The van der Waals surface area contributed by atoms with Crippen LogP contribution in [0.1, 0.15) is 31.9 Å². The van der Waals surface area contributed by atoms with Crippen LogP contribution >= 0.6 is 0 Å². The predicted octanol–water partition coefficient (Wildman–Crippen LogP) is 3.41. The molecule has 1 unspecified atom stereocenters. The van der Waals surface area contributed by atoms with Crippen LogP contribution in [0.5, 0.6) is 0 Å². The molecule has 0 aliphatic carbocycles. The molecule has 2 aromatic carbocycles. The summed E-state index contributed by atoms with van der Waals surface area (Å²) in [6, 6.07) is 15.5. The van der Waals surface area contributed by atoms with Gasteiger partial charge in [0.25, 0.3) is 0 Å². The Morgan fingerprint density at radius 3 is 2.00 bits per heavy atom. The molecule has 0 bridgehead atoms. The van der Waals surface area contributed by atoms with E-state index in [1.54, 1.807) is 69.3 Å². The van der Waals surface area contributed by atoms with E-state index in [-0.39, 0.29) is 5.75 Å². The van der Waals surface area contributed by atoms with Crippen LogP contribution in [0.25, 0.3) is 0 Å². The van der Waals surface area contributed by atoms with E-state index in [0.29, 0.717) is 16.9 Å². The summed E-state index contributed by atoms with van der Waals surface area (Å²) in [6.45, 7) is 5.00. The van der Waals surface area contributed by atoms with Crippen LogP contribution in [0.3, 0.4) is 0 Å². The Labute approximate surface area is 150 Å². The first-order valence-electron chi connectivity index (χ1n) is 8.21. The van der Waals surface area contributed by atoms with Crippen molar-refractivity contribution in [2.24, 2.45) is 0 Å². The highest BCUT2D eigenvalue weighted by molar-refractivity contribution is 7.92. The Morgan fingerprint density at radius 2 is 1.40 bits per heavy atom. The molecule has 136 valence electrons. The lowest BCUT2D eigenvalue weighted by molar-refractivity contribution is 0.581. The van der Waals surface area contributed by atoms with Gasteiger partial charge in [0.2, 0.25) is 0 Å². The van der Waals surface area contributed by atoms with E-state index >= 15 is 0 Å². The second-order valence-corrected chi connectivity index (χ2v) is 11.5. The first-order chi connectivity index (χ1) is 11.6. The molecule has 0 saturated heterocycles. The lowest BCUT2D eigenvalue weighted by Gasteiger charge is -2.14. The summed E-state index contributed by atoms with van der Waals surface area (Å²) in [7, 11) is -6.60. The Bertz CT molecular complexity index is 915. The average molecular weight is 381 g/mol. The third kappa shape index (κ3) is 4.92. The predicted molar refractivity (Wildman–Crippen MR) is 101 cm³/mol. The minimum absolute atomic E-state index is 0.0294. The molecule has 0 saturated carbocycles. The Balaban J connectivity index is 2.20. The van der Waals surface area contributed by atoms with Crippen molar-refractivity contribution in [2.75, 3.05) is 0 Å². The van der Waals surface area contributed by atoms with E-state index in [2.05, 4.69) is 0 Å². The normalized spacial score (nSPS) is 13.8. The van der Waals surface area contributed by atoms with Gasteiger partial charge >= 0.3 is 0 Å². The van der Waals surface area contributed by atoms with E-state index in [9.17, 15) is 16.8 Å². The van der Waals surface area contributed by atoms with Gasteiger partial charge in [0, 0.05) is 0 Å². The van der Waals surface area contributed by atoms with Gasteiger partial charge in [0.05, 0.1) is 21.1 Å². The zero-order chi connectivity index (χ0) is 18.7. The average Bonchev–Trinajstić information content (AvgIpc) is 2.55. The monoisotopic (exact) mass is 380 g/mol. The lowest BCUT2D eigenvalue weighted by atomic mass is 10.1. The maximum absolute atomic E-state index is 12.6. The molecule has 2 aromatic rings. The van der Waals surface area contributed by atoms with Crippen LogP contribution in [0.2, 0.25) is 0 Å². The zero-order valence-electron chi connectivity index (χ0n) is 14.7. The summed E-state index contributed by atoms with van der Waals surface area (Å²) in [6.07, 6.45) is 0.340. The topological polar surface area (TPSA) is 68.3 Å². The van der Waals surface area contributed by atoms with Gasteiger partial charge in [-0.15, -0.1) is 0 Å². The fourth-order valence-corrected chi connectivity index (χ4v) is 4.92. The molecule has 2 rings (SSSR count). The van der Waals surface area contributed by atoms with Gasteiger partial charge in [-0.3, -0.25) is 0 Å². The molecule has 4 nitrogen and oxygen atoms in total. The minimum Gasteiger partial charge on any atom is -0.228 e. The van der Waals surface area contributed by atoms with Gasteiger partial charge in [-0.2, -0.15) is 0 Å². The highest BCUT2D eigenvalue weighted by Gasteiger charge is 2.23. The lowest BCUT2D eigenvalue weighted by Crippen LogP contribution is -2.21. The highest BCUT2D eigenvalue weighted by atomic mass is 32.2. The van der Waals surface area contributed by atoms with Gasteiger partial charge in [-0.1, -0.05) is 42.5 Å². The molecule has 0 fully saturated rings. The molecule has 0 amide bonds. The molecule has 6 heteroatoms. The van der Waals surface area contributed by atoms with Crippen molar-refractivity contribution in [3.63, 3.8) is 0 Å². The maximum Gasteiger partial charge on any atom is 0.181 e. The summed E-state index contributed by atoms with van der Waals surface area (Å²) < 4.78 is 49.5. The number of benzene rings is 2. The number of rotatable bonds is 7. The Hall–Kier alpha value is -1.66. The second kappa shape index (κ2) is 7.70. The maximum atomic E-state index is 12.6. The number of hydrogen-bond acceptors (Lipinski definition) is 4. The van der Waals surface area contributed by atoms with Crippen molar-refractivity contribution < 1.29 is 16.8 Å². The smallest absolute Gasteiger partial charge is 0.181 e. The molecule has 0 aliphatic heterocycles. The molecule has 25 heavy (non-hydrogen) atoms. The minimum atomic E-state index is -3.42. The van der Waals surface area contributed by atoms with Gasteiger partial charge in [-0.25, -0.2) is 16.8 Å². The molecule has 1 atom stereocenters. The summed E-state index contributed by atoms with van der Waals surface area (Å²) in [5, 5.41) is -1.03. The van der Waals surface area contributed by atoms with Crippen molar-refractivity contribution >= 4 is 19.7 Å². The fourth-order valence-electron chi connectivity index (χ4n) is 2.53.